The minimum atomic E-state index is -4.48. The number of ether oxygens (including phenoxy) is 2. The molecule has 1 aromatic carbocycles. The van der Waals surface area contributed by atoms with Crippen molar-refractivity contribution in [2.75, 3.05) is 20.0 Å². The lowest BCUT2D eigenvalue weighted by molar-refractivity contribution is -0.127. The van der Waals surface area contributed by atoms with Crippen molar-refractivity contribution >= 4 is 28.5 Å². The number of nitrogens with two attached hydrogens (primary N) is 1. The predicted octanol–water partition coefficient (Wildman–Crippen LogP) is 4.61. The van der Waals surface area contributed by atoms with Gasteiger partial charge >= 0.3 is 6.18 Å². The van der Waals surface area contributed by atoms with Crippen molar-refractivity contribution in [2.45, 2.75) is 25.9 Å². The van der Waals surface area contributed by atoms with Crippen molar-refractivity contribution in [2.24, 2.45) is 0 Å². The van der Waals surface area contributed by atoms with E-state index in [2.05, 4.69) is 15.0 Å². The number of aromatic nitrogens is 3. The number of anilines is 1. The van der Waals surface area contributed by atoms with E-state index in [9.17, 15) is 13.2 Å². The highest BCUT2D eigenvalue weighted by molar-refractivity contribution is 6.35. The number of alkyl halides is 3. The number of methoxy groups -OCH3 is 2. The quantitative estimate of drug-likeness (QED) is 0.641. The molecule has 0 amide bonds. The molecule has 2 N–H and O–H groups in total. The Kier molecular flexibility index (Phi) is 5.70. The lowest BCUT2D eigenvalue weighted by Crippen LogP contribution is -2.14. The Bertz CT molecular complexity index is 1070. The Labute approximate surface area is 169 Å². The van der Waals surface area contributed by atoms with Gasteiger partial charge in [-0.25, -0.2) is 9.97 Å². The van der Waals surface area contributed by atoms with Crippen LogP contribution in [0.2, 0.25) is 5.02 Å². The standard InChI is InChI=1S/C19H18ClF3N4O2/c1-4-10-13(28-2)6-14(29-3)16(20)15(10)11-5-9-8-25-18(24)27-17(9)12(26-11)7-19(21,22)23/h5-6,8H,4,7H2,1-3H3,(H2,24,25,27). The van der Waals surface area contributed by atoms with Crippen LogP contribution >= 0.6 is 11.6 Å². The van der Waals surface area contributed by atoms with Gasteiger partial charge in [-0.15, -0.1) is 0 Å². The Morgan fingerprint density at radius 3 is 2.38 bits per heavy atom. The van der Waals surface area contributed by atoms with E-state index >= 15 is 0 Å². The minimum Gasteiger partial charge on any atom is -0.496 e. The lowest BCUT2D eigenvalue weighted by atomic mass is 9.98. The molecule has 0 unspecified atom stereocenters. The fourth-order valence-corrected chi connectivity index (χ4v) is 3.50. The molecule has 0 aliphatic rings. The summed E-state index contributed by atoms with van der Waals surface area (Å²) in [6.07, 6.45) is -3.88. The molecule has 0 saturated carbocycles. The van der Waals surface area contributed by atoms with E-state index in [4.69, 9.17) is 26.8 Å². The van der Waals surface area contributed by atoms with Gasteiger partial charge in [0, 0.05) is 28.8 Å². The first-order valence-electron chi connectivity index (χ1n) is 8.61. The largest absolute Gasteiger partial charge is 0.496 e. The van der Waals surface area contributed by atoms with E-state index in [1.54, 1.807) is 12.1 Å². The molecule has 0 atom stereocenters. The predicted molar refractivity (Wildman–Crippen MR) is 104 cm³/mol. The summed E-state index contributed by atoms with van der Waals surface area (Å²) in [5.41, 5.74) is 6.72. The van der Waals surface area contributed by atoms with Crippen molar-refractivity contribution in [3.05, 3.63) is 34.6 Å². The second kappa shape index (κ2) is 7.90. The number of benzene rings is 1. The van der Waals surface area contributed by atoms with Crippen LogP contribution in [0.15, 0.2) is 18.3 Å². The summed E-state index contributed by atoms with van der Waals surface area (Å²) in [6, 6.07) is 3.21. The Balaban J connectivity index is 2.37. The molecular weight excluding hydrogens is 409 g/mol. The van der Waals surface area contributed by atoms with E-state index in [0.29, 0.717) is 34.4 Å². The molecule has 0 bridgehead atoms. The van der Waals surface area contributed by atoms with Gasteiger partial charge in [-0.3, -0.25) is 4.98 Å². The van der Waals surface area contributed by atoms with Crippen LogP contribution in [0.4, 0.5) is 19.1 Å². The normalized spacial score (nSPS) is 11.7. The Morgan fingerprint density at radius 2 is 1.79 bits per heavy atom. The molecule has 0 aliphatic carbocycles. The molecule has 3 rings (SSSR count). The monoisotopic (exact) mass is 426 g/mol. The zero-order chi connectivity index (χ0) is 21.3. The summed E-state index contributed by atoms with van der Waals surface area (Å²) in [5, 5.41) is 0.592. The molecule has 0 spiro atoms. The van der Waals surface area contributed by atoms with Crippen LogP contribution in [-0.4, -0.2) is 35.3 Å². The van der Waals surface area contributed by atoms with E-state index in [0.717, 1.165) is 0 Å². The van der Waals surface area contributed by atoms with E-state index in [1.807, 2.05) is 6.92 Å². The van der Waals surface area contributed by atoms with Crippen LogP contribution in [0.25, 0.3) is 22.2 Å². The van der Waals surface area contributed by atoms with Gasteiger partial charge in [0.2, 0.25) is 5.95 Å². The van der Waals surface area contributed by atoms with Gasteiger partial charge in [-0.2, -0.15) is 13.2 Å². The van der Waals surface area contributed by atoms with Gasteiger partial charge < -0.3 is 15.2 Å². The first kappa shape index (κ1) is 20.9. The zero-order valence-corrected chi connectivity index (χ0v) is 16.6. The average Bonchev–Trinajstić information content (AvgIpc) is 2.66. The first-order valence-corrected chi connectivity index (χ1v) is 8.98. The maximum atomic E-state index is 13.2. The molecule has 3 aromatic rings. The highest BCUT2D eigenvalue weighted by Gasteiger charge is 2.31. The molecule has 10 heteroatoms. The van der Waals surface area contributed by atoms with Crippen molar-refractivity contribution in [3.8, 4) is 22.8 Å². The Hall–Kier alpha value is -2.81. The number of nitrogens with zero attached hydrogens (tertiary/aromatic N) is 3. The van der Waals surface area contributed by atoms with Crippen molar-refractivity contribution in [3.63, 3.8) is 0 Å². The maximum Gasteiger partial charge on any atom is 0.394 e. The van der Waals surface area contributed by atoms with E-state index in [-0.39, 0.29) is 27.9 Å². The van der Waals surface area contributed by atoms with Crippen molar-refractivity contribution in [1.29, 1.82) is 0 Å². The molecule has 2 aromatic heterocycles. The molecule has 0 fully saturated rings. The number of halogens is 4. The third kappa shape index (κ3) is 4.14. The molecule has 0 aliphatic heterocycles. The van der Waals surface area contributed by atoms with E-state index < -0.39 is 12.6 Å². The third-order valence-corrected chi connectivity index (χ3v) is 4.75. The van der Waals surface area contributed by atoms with Gasteiger partial charge in [0.15, 0.2) is 0 Å². The highest BCUT2D eigenvalue weighted by atomic mass is 35.5. The van der Waals surface area contributed by atoms with Gasteiger partial charge in [0.05, 0.1) is 42.6 Å². The Morgan fingerprint density at radius 1 is 1.10 bits per heavy atom. The van der Waals surface area contributed by atoms with Crippen LogP contribution in [-0.2, 0) is 12.8 Å². The molecule has 154 valence electrons. The number of hydrogen-bond donors (Lipinski definition) is 1. The smallest absolute Gasteiger partial charge is 0.394 e. The molecule has 6 nitrogen and oxygen atoms in total. The van der Waals surface area contributed by atoms with Gasteiger partial charge in [0.25, 0.3) is 0 Å². The fourth-order valence-electron chi connectivity index (χ4n) is 3.16. The summed E-state index contributed by atoms with van der Waals surface area (Å²) in [6.45, 7) is 1.88. The second-order valence-electron chi connectivity index (χ2n) is 6.21. The number of fused-ring (bicyclic) bond motifs is 1. The lowest BCUT2D eigenvalue weighted by Gasteiger charge is -2.18. The SMILES string of the molecule is CCc1c(OC)cc(OC)c(Cl)c1-c1cc2cnc(N)nc2c(CC(F)(F)F)n1. The van der Waals surface area contributed by atoms with Crippen LogP contribution < -0.4 is 15.2 Å². The average molecular weight is 427 g/mol. The van der Waals surface area contributed by atoms with Gasteiger partial charge in [-0.1, -0.05) is 18.5 Å². The maximum absolute atomic E-state index is 13.2. The van der Waals surface area contributed by atoms with Crippen LogP contribution in [0, 0.1) is 0 Å². The second-order valence-corrected chi connectivity index (χ2v) is 6.59. The number of hydrogen-bond acceptors (Lipinski definition) is 6. The topological polar surface area (TPSA) is 83.2 Å². The third-order valence-electron chi connectivity index (χ3n) is 4.37. The van der Waals surface area contributed by atoms with Crippen LogP contribution in [0.3, 0.4) is 0 Å². The molecular formula is C19H18ClF3N4O2. The van der Waals surface area contributed by atoms with Gasteiger partial charge in [-0.05, 0) is 12.5 Å². The summed E-state index contributed by atoms with van der Waals surface area (Å²) >= 11 is 6.52. The summed E-state index contributed by atoms with van der Waals surface area (Å²) in [4.78, 5) is 12.1. The molecule has 29 heavy (non-hydrogen) atoms. The van der Waals surface area contributed by atoms with Gasteiger partial charge in [0.1, 0.15) is 11.5 Å². The summed E-state index contributed by atoms with van der Waals surface area (Å²) < 4.78 is 50.3. The number of nitrogen functional groups attached to an aromatic ring is 1. The van der Waals surface area contributed by atoms with E-state index in [1.165, 1.54) is 20.4 Å². The molecule has 0 saturated heterocycles. The number of rotatable bonds is 5. The molecule has 2 heterocycles. The summed E-state index contributed by atoms with van der Waals surface area (Å²) in [5.74, 6) is 0.686. The summed E-state index contributed by atoms with van der Waals surface area (Å²) in [7, 11) is 2.93. The van der Waals surface area contributed by atoms with Crippen molar-refractivity contribution < 1.29 is 22.6 Å². The minimum absolute atomic E-state index is 0.0441. The highest BCUT2D eigenvalue weighted by Crippen LogP contribution is 2.43. The fraction of sp³-hybridized carbons (Fsp3) is 0.316. The number of pyridine rings is 1. The van der Waals surface area contributed by atoms with Crippen LogP contribution in [0.5, 0.6) is 11.5 Å². The zero-order valence-electron chi connectivity index (χ0n) is 15.9. The van der Waals surface area contributed by atoms with Crippen LogP contribution in [0.1, 0.15) is 18.2 Å². The van der Waals surface area contributed by atoms with Crippen molar-refractivity contribution in [1.82, 2.24) is 15.0 Å². The molecule has 0 radical (unpaired) electrons. The first-order chi connectivity index (χ1) is 13.7.